The molecule has 1 aromatic carbocycles. The van der Waals surface area contributed by atoms with E-state index in [4.69, 9.17) is 24.3 Å². The van der Waals surface area contributed by atoms with Crippen LogP contribution in [0.2, 0.25) is 0 Å². The minimum absolute atomic E-state index is 0.365. The van der Waals surface area contributed by atoms with Crippen LogP contribution in [0.15, 0.2) is 47.1 Å². The third-order valence-electron chi connectivity index (χ3n) is 5.03. The van der Waals surface area contributed by atoms with Gasteiger partial charge >= 0.3 is 5.97 Å². The molecule has 3 rings (SSSR count). The van der Waals surface area contributed by atoms with Gasteiger partial charge in [0.2, 0.25) is 0 Å². The highest BCUT2D eigenvalue weighted by atomic mass is 16.5. The highest BCUT2D eigenvalue weighted by molar-refractivity contribution is 6.02. The summed E-state index contributed by atoms with van der Waals surface area (Å²) >= 11 is 0. The molecule has 0 fully saturated rings. The van der Waals surface area contributed by atoms with Crippen LogP contribution in [0.5, 0.6) is 5.75 Å². The minimum Gasteiger partial charge on any atom is -0.497 e. The summed E-state index contributed by atoms with van der Waals surface area (Å²) < 4.78 is 16.3. The Morgan fingerprint density at radius 2 is 1.90 bits per heavy atom. The summed E-state index contributed by atoms with van der Waals surface area (Å²) in [5, 5.41) is 11.7. The molecule has 2 N–H and O–H groups in total. The molecule has 1 atom stereocenters. The second kappa shape index (κ2) is 9.47. The Balaban J connectivity index is 2.00. The van der Waals surface area contributed by atoms with Gasteiger partial charge in [0.25, 0.3) is 0 Å². The highest BCUT2D eigenvalue weighted by Crippen LogP contribution is 2.35. The van der Waals surface area contributed by atoms with Crippen LogP contribution in [0.25, 0.3) is 0 Å². The Hall–Kier alpha value is -3.61. The maximum atomic E-state index is 11.8. The Morgan fingerprint density at radius 1 is 1.19 bits per heavy atom. The average molecular weight is 421 g/mol. The molecule has 7 heteroatoms. The zero-order chi connectivity index (χ0) is 22.5. The molecule has 0 amide bonds. The number of ether oxygens (including phenoxy) is 2. The fourth-order valence-electron chi connectivity index (χ4n) is 3.64. The predicted molar refractivity (Wildman–Crippen MR) is 119 cm³/mol. The maximum Gasteiger partial charge on any atom is 0.303 e. The van der Waals surface area contributed by atoms with Crippen molar-refractivity contribution in [3.63, 3.8) is 0 Å². The Bertz CT molecular complexity index is 1070. The number of nitrogens with zero attached hydrogens (tertiary/aromatic N) is 1. The van der Waals surface area contributed by atoms with Crippen molar-refractivity contribution >= 4 is 17.5 Å². The SMILES string of the molecule is COc1ccc(CNc2nc(C)c(C(OC(C)=O)c3ccco3)c(C)c2C(C)=N)cc1. The summed E-state index contributed by atoms with van der Waals surface area (Å²) in [5.74, 6) is 1.50. The van der Waals surface area contributed by atoms with E-state index in [0.29, 0.717) is 35.1 Å². The summed E-state index contributed by atoms with van der Waals surface area (Å²) in [5.41, 5.74) is 4.34. The molecule has 2 heterocycles. The average Bonchev–Trinajstić information content (AvgIpc) is 3.25. The van der Waals surface area contributed by atoms with Crippen LogP contribution in [-0.4, -0.2) is 23.8 Å². The van der Waals surface area contributed by atoms with Gasteiger partial charge in [-0.05, 0) is 56.2 Å². The Morgan fingerprint density at radius 3 is 2.45 bits per heavy atom. The molecule has 31 heavy (non-hydrogen) atoms. The van der Waals surface area contributed by atoms with Crippen molar-refractivity contribution in [2.24, 2.45) is 0 Å². The molecule has 0 radical (unpaired) electrons. The fraction of sp³-hybridized carbons (Fsp3) is 0.292. The number of rotatable bonds is 8. The lowest BCUT2D eigenvalue weighted by Gasteiger charge is -2.23. The van der Waals surface area contributed by atoms with Crippen LogP contribution >= 0.6 is 0 Å². The van der Waals surface area contributed by atoms with E-state index in [0.717, 1.165) is 22.4 Å². The van der Waals surface area contributed by atoms with Gasteiger partial charge in [-0.25, -0.2) is 4.98 Å². The van der Waals surface area contributed by atoms with Gasteiger partial charge in [0, 0.05) is 36.0 Å². The van der Waals surface area contributed by atoms with Crippen molar-refractivity contribution in [3.05, 3.63) is 76.4 Å². The number of hydrogen-bond donors (Lipinski definition) is 2. The molecule has 0 aliphatic carbocycles. The number of hydrogen-bond acceptors (Lipinski definition) is 7. The van der Waals surface area contributed by atoms with E-state index in [1.165, 1.54) is 13.2 Å². The van der Waals surface area contributed by atoms with Gasteiger partial charge in [-0.2, -0.15) is 0 Å². The lowest BCUT2D eigenvalue weighted by Crippen LogP contribution is -2.18. The second-order valence-electron chi connectivity index (χ2n) is 7.29. The largest absolute Gasteiger partial charge is 0.497 e. The smallest absolute Gasteiger partial charge is 0.303 e. The van der Waals surface area contributed by atoms with Gasteiger partial charge in [0.15, 0.2) is 6.10 Å². The van der Waals surface area contributed by atoms with Gasteiger partial charge in [-0.15, -0.1) is 0 Å². The van der Waals surface area contributed by atoms with Crippen molar-refractivity contribution in [2.45, 2.75) is 40.3 Å². The standard InChI is InChI=1S/C24H27N3O4/c1-14-21(15(2)25)24(26-13-18-8-10-19(29-5)11-9-18)27-16(3)22(14)23(31-17(4)28)20-7-6-12-30-20/h6-12,23,25H,13H2,1-5H3,(H,26,27). The van der Waals surface area contributed by atoms with Gasteiger partial charge in [-0.3, -0.25) is 4.79 Å². The van der Waals surface area contributed by atoms with E-state index >= 15 is 0 Å². The molecule has 3 aromatic rings. The molecule has 0 saturated carbocycles. The second-order valence-corrected chi connectivity index (χ2v) is 7.29. The molecular weight excluding hydrogens is 394 g/mol. The van der Waals surface area contributed by atoms with E-state index < -0.39 is 12.1 Å². The van der Waals surface area contributed by atoms with Crippen LogP contribution in [0.4, 0.5) is 5.82 Å². The number of furan rings is 1. The number of carbonyl (C=O) groups is 1. The third-order valence-corrected chi connectivity index (χ3v) is 5.03. The number of anilines is 1. The van der Waals surface area contributed by atoms with Crippen LogP contribution in [0, 0.1) is 19.3 Å². The number of aryl methyl sites for hydroxylation is 1. The van der Waals surface area contributed by atoms with Crippen molar-refractivity contribution in [1.29, 1.82) is 5.41 Å². The van der Waals surface area contributed by atoms with E-state index in [9.17, 15) is 4.79 Å². The quantitative estimate of drug-likeness (QED) is 0.394. The molecule has 0 aliphatic rings. The van der Waals surface area contributed by atoms with Gasteiger partial charge in [0.05, 0.1) is 13.4 Å². The lowest BCUT2D eigenvalue weighted by atomic mass is 9.94. The van der Waals surface area contributed by atoms with Crippen molar-refractivity contribution in [2.75, 3.05) is 12.4 Å². The molecular formula is C24H27N3O4. The first kappa shape index (κ1) is 22.1. The van der Waals surface area contributed by atoms with E-state index in [2.05, 4.69) is 5.32 Å². The Labute approximate surface area is 181 Å². The number of benzene rings is 1. The number of pyridine rings is 1. The van der Waals surface area contributed by atoms with Gasteiger partial charge in [0.1, 0.15) is 17.3 Å². The number of methoxy groups -OCH3 is 1. The zero-order valence-corrected chi connectivity index (χ0v) is 18.4. The summed E-state index contributed by atoms with van der Waals surface area (Å²) in [6, 6.07) is 11.3. The minimum atomic E-state index is -0.728. The first-order valence-electron chi connectivity index (χ1n) is 9.95. The number of carbonyl (C=O) groups excluding carboxylic acids is 1. The summed E-state index contributed by atoms with van der Waals surface area (Å²) in [7, 11) is 1.63. The van der Waals surface area contributed by atoms with Crippen molar-refractivity contribution in [1.82, 2.24) is 4.98 Å². The van der Waals surface area contributed by atoms with Crippen molar-refractivity contribution < 1.29 is 18.7 Å². The zero-order valence-electron chi connectivity index (χ0n) is 18.4. The van der Waals surface area contributed by atoms with Crippen LogP contribution in [0.1, 0.15) is 53.7 Å². The lowest BCUT2D eigenvalue weighted by molar-refractivity contribution is -0.145. The van der Waals surface area contributed by atoms with Crippen LogP contribution in [0.3, 0.4) is 0 Å². The summed E-state index contributed by atoms with van der Waals surface area (Å²) in [6.45, 7) is 7.40. The summed E-state index contributed by atoms with van der Waals surface area (Å²) in [4.78, 5) is 16.5. The molecule has 0 bridgehead atoms. The number of nitrogens with one attached hydrogen (secondary N) is 2. The molecule has 0 saturated heterocycles. The molecule has 0 spiro atoms. The maximum absolute atomic E-state index is 11.8. The normalized spacial score (nSPS) is 11.6. The van der Waals surface area contributed by atoms with Crippen LogP contribution in [-0.2, 0) is 16.1 Å². The topological polar surface area (TPSA) is 97.4 Å². The van der Waals surface area contributed by atoms with Gasteiger partial charge < -0.3 is 24.6 Å². The molecule has 2 aromatic heterocycles. The predicted octanol–water partition coefficient (Wildman–Crippen LogP) is 4.95. The molecule has 1 unspecified atom stereocenters. The van der Waals surface area contributed by atoms with E-state index in [1.54, 1.807) is 26.2 Å². The van der Waals surface area contributed by atoms with Crippen LogP contribution < -0.4 is 10.1 Å². The van der Waals surface area contributed by atoms with Crippen molar-refractivity contribution in [3.8, 4) is 5.75 Å². The first-order valence-corrected chi connectivity index (χ1v) is 9.95. The Kier molecular flexibility index (Phi) is 6.74. The molecule has 162 valence electrons. The van der Waals surface area contributed by atoms with E-state index in [1.807, 2.05) is 38.1 Å². The number of aromatic nitrogens is 1. The number of esters is 1. The fourth-order valence-corrected chi connectivity index (χ4v) is 3.64. The van der Waals surface area contributed by atoms with Gasteiger partial charge in [-0.1, -0.05) is 12.1 Å². The monoisotopic (exact) mass is 421 g/mol. The summed E-state index contributed by atoms with van der Waals surface area (Å²) in [6.07, 6.45) is 0.811. The first-order chi connectivity index (χ1) is 14.8. The van der Waals surface area contributed by atoms with E-state index in [-0.39, 0.29) is 0 Å². The molecule has 0 aliphatic heterocycles. The third kappa shape index (κ3) is 4.94. The highest BCUT2D eigenvalue weighted by Gasteiger charge is 2.28. The molecule has 7 nitrogen and oxygen atoms in total.